The molecule has 0 fully saturated rings. The number of rotatable bonds is 3. The van der Waals surface area contributed by atoms with Crippen LogP contribution in [0.5, 0.6) is 0 Å². The van der Waals surface area contributed by atoms with E-state index in [4.69, 9.17) is 0 Å². The Bertz CT molecular complexity index is 2800. The molecule has 3 aliphatic rings. The van der Waals surface area contributed by atoms with Crippen molar-refractivity contribution in [1.82, 2.24) is 0 Å². The molecule has 9 rings (SSSR count). The molecule has 6 aromatic carbocycles. The van der Waals surface area contributed by atoms with Crippen molar-refractivity contribution in [1.29, 1.82) is 0 Å². The highest BCUT2D eigenvalue weighted by Gasteiger charge is 2.47. The molecule has 0 saturated heterocycles. The van der Waals surface area contributed by atoms with Crippen molar-refractivity contribution < 1.29 is 19.2 Å². The number of amides is 4. The van der Waals surface area contributed by atoms with Gasteiger partial charge in [0.15, 0.2) is 0 Å². The maximum absolute atomic E-state index is 13.9. The maximum atomic E-state index is 13.9. The summed E-state index contributed by atoms with van der Waals surface area (Å²) in [6.07, 6.45) is 0.767. The van der Waals surface area contributed by atoms with Crippen molar-refractivity contribution in [2.75, 3.05) is 9.80 Å². The number of carbonyl (C=O) groups excluding carboxylic acids is 4. The molecule has 6 aromatic rings. The van der Waals surface area contributed by atoms with Crippen LogP contribution in [0.4, 0.5) is 11.4 Å². The first-order valence-electron chi connectivity index (χ1n) is 18.5. The molecule has 1 aliphatic carbocycles. The summed E-state index contributed by atoms with van der Waals surface area (Å²) in [4.78, 5) is 57.4. The van der Waals surface area contributed by atoms with Crippen LogP contribution in [0.1, 0.15) is 108 Å². The van der Waals surface area contributed by atoms with Crippen LogP contribution >= 0.6 is 0 Å². The highest BCUT2D eigenvalue weighted by molar-refractivity contribution is 6.35. The smallest absolute Gasteiger partial charge is 0.266 e. The fourth-order valence-corrected chi connectivity index (χ4v) is 8.47. The lowest BCUT2D eigenvalue weighted by Crippen LogP contribution is -2.30. The second-order valence-electron chi connectivity index (χ2n) is 15.3. The lowest BCUT2D eigenvalue weighted by Gasteiger charge is -2.29. The first kappa shape index (κ1) is 34.5. The minimum atomic E-state index is -0.499. The molecule has 1 atom stereocenters. The topological polar surface area (TPSA) is 74.8 Å². The largest absolute Gasteiger partial charge is 0.268 e. The number of imide groups is 2. The van der Waals surface area contributed by atoms with Crippen LogP contribution in [0.2, 0.25) is 0 Å². The molecule has 268 valence electrons. The van der Waals surface area contributed by atoms with Gasteiger partial charge in [-0.15, -0.1) is 0 Å². The van der Waals surface area contributed by atoms with Crippen molar-refractivity contribution in [2.24, 2.45) is 0 Å². The van der Waals surface area contributed by atoms with E-state index in [-0.39, 0.29) is 29.0 Å². The predicted molar refractivity (Wildman–Crippen MR) is 217 cm³/mol. The molecule has 0 radical (unpaired) electrons. The van der Waals surface area contributed by atoms with E-state index in [1.807, 2.05) is 103 Å². The average molecular weight is 727 g/mol. The van der Waals surface area contributed by atoms with E-state index in [0.29, 0.717) is 44.8 Å². The summed E-state index contributed by atoms with van der Waals surface area (Å²) < 4.78 is 0. The van der Waals surface area contributed by atoms with Crippen molar-refractivity contribution in [3.8, 4) is 23.7 Å². The molecule has 0 N–H and O–H groups in total. The number of nitrogens with zero attached hydrogens (tertiary/aromatic N) is 2. The van der Waals surface area contributed by atoms with E-state index >= 15 is 0 Å². The minimum Gasteiger partial charge on any atom is -0.268 e. The van der Waals surface area contributed by atoms with E-state index in [1.54, 1.807) is 36.4 Å². The van der Waals surface area contributed by atoms with Crippen molar-refractivity contribution in [3.63, 3.8) is 0 Å². The SMILES string of the molecule is CC1(C)CC(C)(c2ccc(N3C(=O)c4ccc(C#Cc5ccccc5)cc4C3=O)cc2)c2cc(N3C(=O)c4ccc(C#Cc5ccccc5)cc4C3=O)ccc21. The minimum absolute atomic E-state index is 0.209. The highest BCUT2D eigenvalue weighted by atomic mass is 16.2. The zero-order valence-corrected chi connectivity index (χ0v) is 31.0. The van der Waals surface area contributed by atoms with E-state index < -0.39 is 5.41 Å². The van der Waals surface area contributed by atoms with Crippen LogP contribution in [0.3, 0.4) is 0 Å². The number of fused-ring (bicyclic) bond motifs is 3. The van der Waals surface area contributed by atoms with E-state index in [1.165, 1.54) is 9.80 Å². The molecule has 6 heteroatoms. The molecule has 0 saturated carbocycles. The molecule has 56 heavy (non-hydrogen) atoms. The predicted octanol–water partition coefficient (Wildman–Crippen LogP) is 9.07. The first-order valence-corrected chi connectivity index (χ1v) is 18.5. The van der Waals surface area contributed by atoms with Crippen LogP contribution in [-0.2, 0) is 10.8 Å². The summed E-state index contributed by atoms with van der Waals surface area (Å²) >= 11 is 0. The van der Waals surface area contributed by atoms with Gasteiger partial charge in [0.05, 0.1) is 33.6 Å². The fraction of sp³-hybridized carbons (Fsp3) is 0.120. The van der Waals surface area contributed by atoms with Crippen LogP contribution in [0.15, 0.2) is 140 Å². The van der Waals surface area contributed by atoms with E-state index in [9.17, 15) is 19.2 Å². The Morgan fingerprint density at radius 3 is 1.39 bits per heavy atom. The van der Waals surface area contributed by atoms with Crippen molar-refractivity contribution in [3.05, 3.63) is 201 Å². The van der Waals surface area contributed by atoms with Crippen molar-refractivity contribution >= 4 is 35.0 Å². The summed E-state index contributed by atoms with van der Waals surface area (Å²) in [5, 5.41) is 0. The van der Waals surface area contributed by atoms with Gasteiger partial charge in [0.25, 0.3) is 23.6 Å². The van der Waals surface area contributed by atoms with Crippen LogP contribution in [0.25, 0.3) is 0 Å². The van der Waals surface area contributed by atoms with Gasteiger partial charge in [0.2, 0.25) is 0 Å². The lowest BCUT2D eigenvalue weighted by molar-refractivity contribution is 0.0910. The van der Waals surface area contributed by atoms with Gasteiger partial charge in [-0.25, -0.2) is 9.80 Å². The average Bonchev–Trinajstić information content (AvgIpc) is 3.71. The van der Waals surface area contributed by atoms with E-state index in [0.717, 1.165) is 34.2 Å². The van der Waals surface area contributed by atoms with Gasteiger partial charge in [-0.2, -0.15) is 0 Å². The molecule has 4 amide bonds. The third-order valence-electron chi connectivity index (χ3n) is 11.2. The summed E-state index contributed by atoms with van der Waals surface area (Å²) in [6.45, 7) is 6.56. The first-order chi connectivity index (χ1) is 27.0. The zero-order valence-electron chi connectivity index (χ0n) is 31.0. The number of carbonyl (C=O) groups is 4. The molecule has 0 spiro atoms. The van der Waals surface area contributed by atoms with Gasteiger partial charge in [0.1, 0.15) is 0 Å². The molecular formula is C50H34N2O4. The van der Waals surface area contributed by atoms with E-state index in [2.05, 4.69) is 44.5 Å². The number of benzene rings is 6. The Morgan fingerprint density at radius 2 is 0.875 bits per heavy atom. The molecule has 0 bridgehead atoms. The van der Waals surface area contributed by atoms with Crippen LogP contribution in [0, 0.1) is 23.7 Å². The molecule has 6 nitrogen and oxygen atoms in total. The highest BCUT2D eigenvalue weighted by Crippen LogP contribution is 2.54. The quantitative estimate of drug-likeness (QED) is 0.135. The second kappa shape index (κ2) is 12.9. The second-order valence-corrected chi connectivity index (χ2v) is 15.3. The Kier molecular flexibility index (Phi) is 7.97. The monoisotopic (exact) mass is 726 g/mol. The Labute approximate surface area is 325 Å². The third-order valence-corrected chi connectivity index (χ3v) is 11.2. The Hall–Kier alpha value is -7.28. The third kappa shape index (κ3) is 5.63. The Balaban J connectivity index is 0.995. The molecular weight excluding hydrogens is 693 g/mol. The summed E-state index contributed by atoms with van der Waals surface area (Å²) in [5.74, 6) is 10.9. The number of hydrogen-bond acceptors (Lipinski definition) is 4. The number of anilines is 2. The number of hydrogen-bond donors (Lipinski definition) is 0. The van der Waals surface area contributed by atoms with Crippen molar-refractivity contribution in [2.45, 2.75) is 38.0 Å². The fourth-order valence-electron chi connectivity index (χ4n) is 8.47. The summed E-state index contributed by atoms with van der Waals surface area (Å²) in [6, 6.07) is 42.9. The standard InChI is InChI=1S/C50H34N2O4/c1-49(2)31-50(3,36-20-22-37(23-21-36)51-45(53)39-25-18-34(28-41(39)47(51)55)16-14-32-10-6-4-7-11-32)44-30-38(24-27-43(44)49)52-46(54)40-26-19-35(29-42(40)48(52)56)17-15-33-12-8-5-9-13-33/h4-13,18-30H,31H2,1-3H3. The van der Waals surface area contributed by atoms with Crippen LogP contribution in [-0.4, -0.2) is 23.6 Å². The van der Waals surface area contributed by atoms with Gasteiger partial charge >= 0.3 is 0 Å². The molecule has 2 aliphatic heterocycles. The normalized spacial score (nSPS) is 17.5. The molecule has 2 heterocycles. The molecule has 0 aromatic heterocycles. The van der Waals surface area contributed by atoms with Gasteiger partial charge in [-0.05, 0) is 113 Å². The van der Waals surface area contributed by atoms with Gasteiger partial charge in [0, 0.05) is 27.7 Å². The Morgan fingerprint density at radius 1 is 0.429 bits per heavy atom. The zero-order chi connectivity index (χ0) is 38.8. The summed E-state index contributed by atoms with van der Waals surface area (Å²) in [5.41, 5.74) is 7.80. The van der Waals surface area contributed by atoms with Gasteiger partial charge in [-0.3, -0.25) is 19.2 Å². The maximum Gasteiger partial charge on any atom is 0.266 e. The van der Waals surface area contributed by atoms with Crippen LogP contribution < -0.4 is 9.80 Å². The molecule has 1 unspecified atom stereocenters. The lowest BCUT2D eigenvalue weighted by atomic mass is 9.75. The van der Waals surface area contributed by atoms with Gasteiger partial charge < -0.3 is 0 Å². The summed E-state index contributed by atoms with van der Waals surface area (Å²) in [7, 11) is 0. The van der Waals surface area contributed by atoms with Gasteiger partial charge in [-0.1, -0.05) is 99.1 Å².